The minimum atomic E-state index is -0.717. The highest BCUT2D eigenvalue weighted by Crippen LogP contribution is 2.23. The molecule has 0 aliphatic carbocycles. The molecule has 0 fully saturated rings. The Morgan fingerprint density at radius 1 is 1.35 bits per heavy atom. The second-order valence-corrected chi connectivity index (χ2v) is 4.06. The third kappa shape index (κ3) is 2.39. The van der Waals surface area contributed by atoms with E-state index in [-0.39, 0.29) is 22.9 Å². The second kappa shape index (κ2) is 4.92. The van der Waals surface area contributed by atoms with Gasteiger partial charge in [-0.15, -0.1) is 0 Å². The SMILES string of the molecule is Cc1nc(-c2cccc([N+](=O)[O-])c2)nc(N)c1C(N)=O. The van der Waals surface area contributed by atoms with Gasteiger partial charge in [-0.2, -0.15) is 0 Å². The Morgan fingerprint density at radius 3 is 2.60 bits per heavy atom. The third-order valence-electron chi connectivity index (χ3n) is 2.68. The van der Waals surface area contributed by atoms with Crippen LogP contribution in [-0.2, 0) is 0 Å². The first-order valence-electron chi connectivity index (χ1n) is 5.59. The van der Waals surface area contributed by atoms with Crippen LogP contribution in [0.1, 0.15) is 16.1 Å². The van der Waals surface area contributed by atoms with E-state index in [1.165, 1.54) is 18.2 Å². The summed E-state index contributed by atoms with van der Waals surface area (Å²) in [4.78, 5) is 29.5. The lowest BCUT2D eigenvalue weighted by Gasteiger charge is -2.07. The molecule has 1 heterocycles. The van der Waals surface area contributed by atoms with Crippen LogP contribution < -0.4 is 11.5 Å². The number of anilines is 1. The largest absolute Gasteiger partial charge is 0.383 e. The first kappa shape index (κ1) is 13.4. The molecule has 1 amide bonds. The van der Waals surface area contributed by atoms with Crippen molar-refractivity contribution in [3.8, 4) is 11.4 Å². The Kier molecular flexibility index (Phi) is 3.30. The van der Waals surface area contributed by atoms with Crippen molar-refractivity contribution in [2.45, 2.75) is 6.92 Å². The van der Waals surface area contributed by atoms with Gasteiger partial charge in [0.15, 0.2) is 5.82 Å². The zero-order chi connectivity index (χ0) is 14.9. The number of amides is 1. The standard InChI is InChI=1S/C12H11N5O3/c1-6-9(11(14)18)10(13)16-12(15-6)7-3-2-4-8(5-7)17(19)20/h2-5H,1H3,(H2,14,18)(H2,13,15,16). The van der Waals surface area contributed by atoms with Gasteiger partial charge in [0.05, 0.1) is 10.6 Å². The molecule has 0 atom stereocenters. The normalized spacial score (nSPS) is 10.2. The van der Waals surface area contributed by atoms with E-state index >= 15 is 0 Å². The van der Waals surface area contributed by atoms with Crippen molar-refractivity contribution in [2.24, 2.45) is 5.73 Å². The maximum Gasteiger partial charge on any atom is 0.270 e. The average molecular weight is 273 g/mol. The van der Waals surface area contributed by atoms with Gasteiger partial charge in [-0.05, 0) is 6.92 Å². The fraction of sp³-hybridized carbons (Fsp3) is 0.0833. The van der Waals surface area contributed by atoms with E-state index in [2.05, 4.69) is 9.97 Å². The number of nitro benzene ring substituents is 1. The molecule has 0 saturated heterocycles. The van der Waals surface area contributed by atoms with Gasteiger partial charge in [-0.1, -0.05) is 12.1 Å². The average Bonchev–Trinajstić information content (AvgIpc) is 2.37. The van der Waals surface area contributed by atoms with Gasteiger partial charge in [0, 0.05) is 17.7 Å². The molecule has 0 spiro atoms. The minimum Gasteiger partial charge on any atom is -0.383 e. The number of hydrogen-bond acceptors (Lipinski definition) is 6. The molecule has 4 N–H and O–H groups in total. The van der Waals surface area contributed by atoms with Crippen LogP contribution in [0.4, 0.5) is 11.5 Å². The molecular weight excluding hydrogens is 262 g/mol. The van der Waals surface area contributed by atoms with E-state index < -0.39 is 10.8 Å². The minimum absolute atomic E-state index is 0.0495. The van der Waals surface area contributed by atoms with Crippen molar-refractivity contribution in [3.05, 3.63) is 45.6 Å². The van der Waals surface area contributed by atoms with Gasteiger partial charge in [0.25, 0.3) is 11.6 Å². The van der Waals surface area contributed by atoms with Crippen LogP contribution in [0.2, 0.25) is 0 Å². The van der Waals surface area contributed by atoms with Crippen molar-refractivity contribution in [2.75, 3.05) is 5.73 Å². The number of aryl methyl sites for hydroxylation is 1. The first-order valence-corrected chi connectivity index (χ1v) is 5.59. The van der Waals surface area contributed by atoms with E-state index in [9.17, 15) is 14.9 Å². The maximum absolute atomic E-state index is 11.2. The number of carbonyl (C=O) groups is 1. The summed E-state index contributed by atoms with van der Waals surface area (Å²) in [5.41, 5.74) is 11.6. The summed E-state index contributed by atoms with van der Waals surface area (Å²) < 4.78 is 0. The maximum atomic E-state index is 11.2. The predicted octanol–water partition coefficient (Wildman–Crippen LogP) is 1.04. The molecule has 2 aromatic rings. The second-order valence-electron chi connectivity index (χ2n) is 4.06. The zero-order valence-corrected chi connectivity index (χ0v) is 10.5. The van der Waals surface area contributed by atoms with Gasteiger partial charge in [-0.25, -0.2) is 9.97 Å². The van der Waals surface area contributed by atoms with Crippen molar-refractivity contribution in [1.29, 1.82) is 0 Å². The summed E-state index contributed by atoms with van der Waals surface area (Å²) >= 11 is 0. The van der Waals surface area contributed by atoms with E-state index in [0.29, 0.717) is 11.3 Å². The molecule has 8 heteroatoms. The summed E-state index contributed by atoms with van der Waals surface area (Å²) in [6.07, 6.45) is 0. The van der Waals surface area contributed by atoms with Gasteiger partial charge >= 0.3 is 0 Å². The lowest BCUT2D eigenvalue weighted by atomic mass is 10.1. The van der Waals surface area contributed by atoms with Gasteiger partial charge < -0.3 is 11.5 Å². The predicted molar refractivity (Wildman–Crippen MR) is 71.8 cm³/mol. The van der Waals surface area contributed by atoms with Crippen LogP contribution >= 0.6 is 0 Å². The quantitative estimate of drug-likeness (QED) is 0.632. The summed E-state index contributed by atoms with van der Waals surface area (Å²) in [5.74, 6) is -0.564. The van der Waals surface area contributed by atoms with Crippen LogP contribution in [-0.4, -0.2) is 20.8 Å². The molecule has 0 bridgehead atoms. The number of nitrogen functional groups attached to an aromatic ring is 1. The highest BCUT2D eigenvalue weighted by molar-refractivity contribution is 5.98. The molecule has 0 aliphatic rings. The van der Waals surface area contributed by atoms with Crippen LogP contribution in [0.25, 0.3) is 11.4 Å². The number of hydrogen-bond donors (Lipinski definition) is 2. The number of carbonyl (C=O) groups excluding carboxylic acids is 1. The number of aromatic nitrogens is 2. The fourth-order valence-corrected chi connectivity index (χ4v) is 1.79. The van der Waals surface area contributed by atoms with Crippen molar-refractivity contribution >= 4 is 17.4 Å². The molecule has 0 saturated carbocycles. The number of non-ortho nitro benzene ring substituents is 1. The molecule has 8 nitrogen and oxygen atoms in total. The molecule has 0 radical (unpaired) electrons. The van der Waals surface area contributed by atoms with Gasteiger partial charge in [0.2, 0.25) is 0 Å². The highest BCUT2D eigenvalue weighted by atomic mass is 16.6. The molecular formula is C12H11N5O3. The van der Waals surface area contributed by atoms with Crippen LogP contribution in [0.15, 0.2) is 24.3 Å². The summed E-state index contributed by atoms with van der Waals surface area (Å²) in [6, 6.07) is 5.82. The van der Waals surface area contributed by atoms with E-state index in [0.717, 1.165) is 0 Å². The Morgan fingerprint density at radius 2 is 2.05 bits per heavy atom. The molecule has 1 aromatic carbocycles. The zero-order valence-electron chi connectivity index (χ0n) is 10.5. The van der Waals surface area contributed by atoms with Gasteiger partial charge in [-0.3, -0.25) is 14.9 Å². The van der Waals surface area contributed by atoms with Crippen LogP contribution in [0.3, 0.4) is 0 Å². The fourth-order valence-electron chi connectivity index (χ4n) is 1.79. The Labute approximate surface area is 113 Å². The molecule has 102 valence electrons. The Hall–Kier alpha value is -3.03. The molecule has 0 aliphatic heterocycles. The number of nitrogens with zero attached hydrogens (tertiary/aromatic N) is 3. The topological polar surface area (TPSA) is 138 Å². The van der Waals surface area contributed by atoms with E-state index in [4.69, 9.17) is 11.5 Å². The first-order chi connectivity index (χ1) is 9.40. The van der Waals surface area contributed by atoms with E-state index in [1.807, 2.05) is 0 Å². The summed E-state index contributed by atoms with van der Waals surface area (Å²) in [7, 11) is 0. The number of nitrogens with two attached hydrogens (primary N) is 2. The summed E-state index contributed by atoms with van der Waals surface area (Å²) in [5, 5.41) is 10.7. The van der Waals surface area contributed by atoms with Crippen molar-refractivity contribution < 1.29 is 9.72 Å². The number of nitro groups is 1. The third-order valence-corrected chi connectivity index (χ3v) is 2.68. The highest BCUT2D eigenvalue weighted by Gasteiger charge is 2.16. The Balaban J connectivity index is 2.57. The smallest absolute Gasteiger partial charge is 0.270 e. The molecule has 0 unspecified atom stereocenters. The van der Waals surface area contributed by atoms with Crippen LogP contribution in [0, 0.1) is 17.0 Å². The monoisotopic (exact) mass is 273 g/mol. The lowest BCUT2D eigenvalue weighted by Crippen LogP contribution is -2.17. The van der Waals surface area contributed by atoms with Crippen molar-refractivity contribution in [1.82, 2.24) is 9.97 Å². The molecule has 20 heavy (non-hydrogen) atoms. The summed E-state index contributed by atoms with van der Waals surface area (Å²) in [6.45, 7) is 1.57. The Bertz CT molecular complexity index is 691. The number of rotatable bonds is 3. The number of benzene rings is 1. The van der Waals surface area contributed by atoms with Crippen molar-refractivity contribution in [3.63, 3.8) is 0 Å². The van der Waals surface area contributed by atoms with E-state index in [1.54, 1.807) is 13.0 Å². The lowest BCUT2D eigenvalue weighted by molar-refractivity contribution is -0.384. The molecule has 1 aromatic heterocycles. The van der Waals surface area contributed by atoms with Gasteiger partial charge in [0.1, 0.15) is 11.4 Å². The molecule has 2 rings (SSSR count). The van der Waals surface area contributed by atoms with Crippen LogP contribution in [0.5, 0.6) is 0 Å². The number of primary amides is 1.